The number of rotatable bonds is 3. The summed E-state index contributed by atoms with van der Waals surface area (Å²) in [6.07, 6.45) is 4.56. The molecule has 15 heavy (non-hydrogen) atoms. The molecule has 0 aromatic heterocycles. The van der Waals surface area contributed by atoms with Crippen molar-refractivity contribution in [2.45, 2.75) is 31.1 Å². The topological polar surface area (TPSA) is 17.1 Å². The summed E-state index contributed by atoms with van der Waals surface area (Å²) in [4.78, 5) is 12.5. The van der Waals surface area contributed by atoms with E-state index in [1.54, 1.807) is 0 Å². The Hall–Kier alpha value is -1.11. The van der Waals surface area contributed by atoms with Crippen LogP contribution in [0.3, 0.4) is 0 Å². The third-order valence-electron chi connectivity index (χ3n) is 4.65. The van der Waals surface area contributed by atoms with Gasteiger partial charge >= 0.3 is 0 Å². The van der Waals surface area contributed by atoms with Gasteiger partial charge < -0.3 is 0 Å². The molecular formula is C14H14O. The van der Waals surface area contributed by atoms with Crippen LogP contribution in [-0.2, 0) is 10.2 Å². The molecule has 3 aliphatic rings. The Morgan fingerprint density at radius 3 is 2.20 bits per heavy atom. The van der Waals surface area contributed by atoms with Crippen molar-refractivity contribution in [2.75, 3.05) is 0 Å². The molecule has 0 saturated heterocycles. The summed E-state index contributed by atoms with van der Waals surface area (Å²) in [6, 6.07) is 10.4. The zero-order valence-electron chi connectivity index (χ0n) is 8.70. The molecule has 0 N–H and O–H groups in total. The van der Waals surface area contributed by atoms with E-state index < -0.39 is 0 Å². The molecule has 76 valence electrons. The zero-order chi connectivity index (χ0) is 10.1. The van der Waals surface area contributed by atoms with Crippen LogP contribution in [0.1, 0.15) is 31.2 Å². The third kappa shape index (κ3) is 0.871. The fourth-order valence-electron chi connectivity index (χ4n) is 3.08. The Balaban J connectivity index is 1.73. The molecule has 0 unspecified atom stereocenters. The van der Waals surface area contributed by atoms with Gasteiger partial charge in [0.05, 0.1) is 5.41 Å². The zero-order valence-corrected chi connectivity index (χ0v) is 8.70. The van der Waals surface area contributed by atoms with E-state index in [1.807, 2.05) is 6.07 Å². The minimum Gasteiger partial charge on any atom is -0.298 e. The summed E-state index contributed by atoms with van der Waals surface area (Å²) >= 11 is 0. The van der Waals surface area contributed by atoms with E-state index in [4.69, 9.17) is 0 Å². The Labute approximate surface area is 89.5 Å². The Kier molecular flexibility index (Phi) is 1.18. The average molecular weight is 198 g/mol. The number of carbonyl (C=O) groups is 1. The highest BCUT2D eigenvalue weighted by molar-refractivity contribution is 6.02. The molecule has 3 fully saturated rings. The van der Waals surface area contributed by atoms with Crippen LogP contribution < -0.4 is 0 Å². The van der Waals surface area contributed by atoms with Gasteiger partial charge in [0.15, 0.2) is 0 Å². The maximum Gasteiger partial charge on any atom is 0.149 e. The van der Waals surface area contributed by atoms with Gasteiger partial charge in [-0.3, -0.25) is 4.79 Å². The van der Waals surface area contributed by atoms with Gasteiger partial charge in [-0.1, -0.05) is 30.3 Å². The largest absolute Gasteiger partial charge is 0.298 e. The van der Waals surface area contributed by atoms with Gasteiger partial charge in [-0.05, 0) is 37.2 Å². The van der Waals surface area contributed by atoms with Crippen LogP contribution in [0.25, 0.3) is 0 Å². The molecule has 0 bridgehead atoms. The van der Waals surface area contributed by atoms with Gasteiger partial charge in [0.1, 0.15) is 5.78 Å². The van der Waals surface area contributed by atoms with E-state index in [9.17, 15) is 4.79 Å². The molecular weight excluding hydrogens is 184 g/mol. The number of hydrogen-bond donors (Lipinski definition) is 0. The maximum atomic E-state index is 12.5. The van der Waals surface area contributed by atoms with Crippen LogP contribution >= 0.6 is 0 Å². The fourth-order valence-corrected chi connectivity index (χ4v) is 3.08. The number of hydrogen-bond acceptors (Lipinski definition) is 1. The summed E-state index contributed by atoms with van der Waals surface area (Å²) in [5.41, 5.74) is 1.40. The molecule has 0 spiro atoms. The lowest BCUT2D eigenvalue weighted by atomic mass is 9.86. The highest BCUT2D eigenvalue weighted by Gasteiger charge is 2.78. The molecule has 1 heteroatoms. The van der Waals surface area contributed by atoms with E-state index >= 15 is 0 Å². The lowest BCUT2D eigenvalue weighted by Crippen LogP contribution is -2.25. The quantitative estimate of drug-likeness (QED) is 0.729. The molecule has 3 saturated carbocycles. The molecule has 0 radical (unpaired) electrons. The molecule has 0 atom stereocenters. The summed E-state index contributed by atoms with van der Waals surface area (Å²) in [6.45, 7) is 0. The summed E-state index contributed by atoms with van der Waals surface area (Å²) < 4.78 is 0. The molecule has 1 aromatic carbocycles. The van der Waals surface area contributed by atoms with Gasteiger partial charge in [0.2, 0.25) is 0 Å². The van der Waals surface area contributed by atoms with Crippen molar-refractivity contribution in [2.24, 2.45) is 11.3 Å². The van der Waals surface area contributed by atoms with Gasteiger partial charge in [0.25, 0.3) is 0 Å². The molecule has 1 nitrogen and oxygen atoms in total. The summed E-state index contributed by atoms with van der Waals surface area (Å²) in [5, 5.41) is 0. The van der Waals surface area contributed by atoms with E-state index in [-0.39, 0.29) is 10.8 Å². The van der Waals surface area contributed by atoms with Crippen LogP contribution in [0.2, 0.25) is 0 Å². The second-order valence-corrected chi connectivity index (χ2v) is 5.54. The van der Waals surface area contributed by atoms with Gasteiger partial charge in [-0.25, -0.2) is 0 Å². The Morgan fingerprint density at radius 1 is 1.13 bits per heavy atom. The van der Waals surface area contributed by atoms with Crippen LogP contribution in [0.4, 0.5) is 0 Å². The first-order valence-corrected chi connectivity index (χ1v) is 5.88. The first-order valence-electron chi connectivity index (χ1n) is 5.88. The van der Waals surface area contributed by atoms with E-state index in [0.717, 1.165) is 18.8 Å². The van der Waals surface area contributed by atoms with Gasteiger partial charge in [-0.15, -0.1) is 0 Å². The third-order valence-corrected chi connectivity index (χ3v) is 4.65. The van der Waals surface area contributed by atoms with Crippen molar-refractivity contribution >= 4 is 5.78 Å². The number of Topliss-reactive ketones (excluding diaryl/α,β-unsaturated/α-hetero) is 1. The number of benzene rings is 1. The van der Waals surface area contributed by atoms with Crippen molar-refractivity contribution in [3.05, 3.63) is 35.9 Å². The molecule has 0 heterocycles. The highest BCUT2D eigenvalue weighted by atomic mass is 16.1. The molecule has 1 aromatic rings. The monoisotopic (exact) mass is 198 g/mol. The molecule has 3 aliphatic carbocycles. The standard InChI is InChI=1S/C14H14O/c15-12(14-8-11(14)9-14)13(6-7-13)10-4-2-1-3-5-10/h1-5,11H,6-9H2. The lowest BCUT2D eigenvalue weighted by Gasteiger charge is -2.16. The minimum atomic E-state index is -0.0491. The van der Waals surface area contributed by atoms with Crippen molar-refractivity contribution in [1.29, 1.82) is 0 Å². The molecule has 0 amide bonds. The fraction of sp³-hybridized carbons (Fsp3) is 0.500. The number of carbonyl (C=O) groups excluding carboxylic acids is 1. The summed E-state index contributed by atoms with van der Waals surface area (Å²) in [5.74, 6) is 1.36. The molecule has 0 aliphatic heterocycles. The van der Waals surface area contributed by atoms with Crippen molar-refractivity contribution in [3.8, 4) is 0 Å². The minimum absolute atomic E-state index is 0.0491. The lowest BCUT2D eigenvalue weighted by molar-refractivity contribution is -0.124. The predicted molar refractivity (Wildman–Crippen MR) is 57.5 cm³/mol. The summed E-state index contributed by atoms with van der Waals surface area (Å²) in [7, 11) is 0. The normalized spacial score (nSPS) is 38.0. The predicted octanol–water partition coefficient (Wildman–Crippen LogP) is 2.70. The van der Waals surface area contributed by atoms with E-state index in [2.05, 4.69) is 24.3 Å². The van der Waals surface area contributed by atoms with Crippen molar-refractivity contribution in [1.82, 2.24) is 0 Å². The maximum absolute atomic E-state index is 12.5. The van der Waals surface area contributed by atoms with Crippen LogP contribution in [0, 0.1) is 11.3 Å². The SMILES string of the molecule is O=C(C1(c2ccccc2)CC1)C12CC1C2. The van der Waals surface area contributed by atoms with E-state index in [0.29, 0.717) is 5.78 Å². The Morgan fingerprint density at radius 2 is 1.73 bits per heavy atom. The van der Waals surface area contributed by atoms with Gasteiger partial charge in [-0.2, -0.15) is 0 Å². The van der Waals surface area contributed by atoms with Crippen LogP contribution in [0.15, 0.2) is 30.3 Å². The van der Waals surface area contributed by atoms with Gasteiger partial charge in [0, 0.05) is 5.41 Å². The van der Waals surface area contributed by atoms with E-state index in [1.165, 1.54) is 18.4 Å². The first kappa shape index (κ1) is 8.09. The molecule has 4 rings (SSSR count). The highest BCUT2D eigenvalue weighted by Crippen LogP contribution is 2.78. The second-order valence-electron chi connectivity index (χ2n) is 5.54. The average Bonchev–Trinajstić information content (AvgIpc) is 3.09. The number of fused-ring (bicyclic) bond motifs is 1. The van der Waals surface area contributed by atoms with Crippen molar-refractivity contribution in [3.63, 3.8) is 0 Å². The van der Waals surface area contributed by atoms with Crippen molar-refractivity contribution < 1.29 is 4.79 Å². The smallest absolute Gasteiger partial charge is 0.149 e. The van der Waals surface area contributed by atoms with Crippen LogP contribution in [0.5, 0.6) is 0 Å². The second kappa shape index (κ2) is 2.18. The Bertz CT molecular complexity index is 436. The van der Waals surface area contributed by atoms with Crippen LogP contribution in [-0.4, -0.2) is 5.78 Å². The number of ketones is 1. The first-order chi connectivity index (χ1) is 7.28.